The number of piperidine rings is 1. The van der Waals surface area contributed by atoms with Gasteiger partial charge in [0.25, 0.3) is 0 Å². The first-order chi connectivity index (χ1) is 9.38. The second-order valence-corrected chi connectivity index (χ2v) is 4.76. The summed E-state index contributed by atoms with van der Waals surface area (Å²) in [6.45, 7) is 1.32. The third-order valence-electron chi connectivity index (χ3n) is 3.25. The van der Waals surface area contributed by atoms with Crippen molar-refractivity contribution in [2.45, 2.75) is 19.0 Å². The first kappa shape index (κ1) is 14.6. The van der Waals surface area contributed by atoms with Crippen molar-refractivity contribution in [3.05, 3.63) is 23.8 Å². The summed E-state index contributed by atoms with van der Waals surface area (Å²) in [6.07, 6.45) is -3.00. The maximum Gasteiger partial charge on any atom is 0.416 e. The number of hydrogen-bond acceptors (Lipinski definition) is 3. The number of carbonyl (C=O) groups is 1. The van der Waals surface area contributed by atoms with Gasteiger partial charge < -0.3 is 15.7 Å². The average molecular weight is 288 g/mol. The quantitative estimate of drug-likeness (QED) is 0.732. The Balaban J connectivity index is 2.13. The fourth-order valence-electron chi connectivity index (χ4n) is 2.12. The Bertz CT molecular complexity index is 497. The van der Waals surface area contributed by atoms with Crippen LogP contribution in [0.25, 0.3) is 0 Å². The minimum Gasteiger partial charge on any atom is -0.506 e. The van der Waals surface area contributed by atoms with Gasteiger partial charge in [0.05, 0.1) is 17.2 Å². The van der Waals surface area contributed by atoms with E-state index in [2.05, 4.69) is 10.6 Å². The predicted octanol–water partition coefficient (Wildman–Crippen LogP) is 2.35. The zero-order valence-electron chi connectivity index (χ0n) is 10.6. The summed E-state index contributed by atoms with van der Waals surface area (Å²) in [5.41, 5.74) is -1.12. The molecule has 1 aliphatic heterocycles. The third-order valence-corrected chi connectivity index (χ3v) is 3.25. The maximum absolute atomic E-state index is 12.6. The number of aromatic hydroxyl groups is 1. The molecule has 1 amide bonds. The zero-order valence-corrected chi connectivity index (χ0v) is 10.6. The van der Waals surface area contributed by atoms with E-state index in [-0.39, 0.29) is 23.3 Å². The van der Waals surface area contributed by atoms with Gasteiger partial charge in [-0.3, -0.25) is 4.79 Å². The molecule has 0 aromatic heterocycles. The SMILES string of the molecule is O=C(Nc1cc(C(F)(F)F)ccc1O)C1CCCNC1. The molecule has 1 aromatic rings. The lowest BCUT2D eigenvalue weighted by Gasteiger charge is -2.22. The van der Waals surface area contributed by atoms with Crippen molar-refractivity contribution in [3.8, 4) is 5.75 Å². The van der Waals surface area contributed by atoms with E-state index in [0.29, 0.717) is 13.0 Å². The van der Waals surface area contributed by atoms with Crippen LogP contribution in [-0.2, 0) is 11.0 Å². The normalized spacial score (nSPS) is 19.6. The molecule has 110 valence electrons. The highest BCUT2D eigenvalue weighted by Crippen LogP contribution is 2.34. The minimum absolute atomic E-state index is 0.213. The van der Waals surface area contributed by atoms with Crippen molar-refractivity contribution in [1.82, 2.24) is 5.32 Å². The van der Waals surface area contributed by atoms with E-state index in [9.17, 15) is 23.1 Å². The number of carbonyl (C=O) groups excluding carboxylic acids is 1. The number of alkyl halides is 3. The van der Waals surface area contributed by atoms with Crippen LogP contribution in [0.1, 0.15) is 18.4 Å². The first-order valence-corrected chi connectivity index (χ1v) is 6.29. The summed E-state index contributed by atoms with van der Waals surface area (Å²) in [4.78, 5) is 11.9. The number of hydrogen-bond donors (Lipinski definition) is 3. The predicted molar refractivity (Wildman–Crippen MR) is 67.3 cm³/mol. The molecule has 1 fully saturated rings. The van der Waals surface area contributed by atoms with Crippen LogP contribution in [0.15, 0.2) is 18.2 Å². The van der Waals surface area contributed by atoms with Crippen LogP contribution >= 0.6 is 0 Å². The Hall–Kier alpha value is -1.76. The second-order valence-electron chi connectivity index (χ2n) is 4.76. The number of nitrogens with one attached hydrogen (secondary N) is 2. The third kappa shape index (κ3) is 3.41. The van der Waals surface area contributed by atoms with Crippen LogP contribution in [0, 0.1) is 5.92 Å². The molecule has 2 rings (SSSR count). The van der Waals surface area contributed by atoms with E-state index in [1.54, 1.807) is 0 Å². The molecule has 20 heavy (non-hydrogen) atoms. The Morgan fingerprint density at radius 2 is 2.15 bits per heavy atom. The van der Waals surface area contributed by atoms with Gasteiger partial charge in [-0.1, -0.05) is 0 Å². The molecule has 0 bridgehead atoms. The Labute approximate surface area is 114 Å². The molecule has 0 aliphatic carbocycles. The standard InChI is InChI=1S/C13H15F3N2O2/c14-13(15,16)9-3-4-11(19)10(6-9)18-12(20)8-2-1-5-17-7-8/h3-4,6,8,17,19H,1-2,5,7H2,(H,18,20). The summed E-state index contributed by atoms with van der Waals surface area (Å²) < 4.78 is 37.8. The van der Waals surface area contributed by atoms with Crippen LogP contribution in [0.2, 0.25) is 0 Å². The molecular formula is C13H15F3N2O2. The molecule has 0 spiro atoms. The monoisotopic (exact) mass is 288 g/mol. The van der Waals surface area contributed by atoms with Gasteiger partial charge in [0.1, 0.15) is 5.75 Å². The molecule has 1 unspecified atom stereocenters. The van der Waals surface area contributed by atoms with E-state index >= 15 is 0 Å². The van der Waals surface area contributed by atoms with E-state index in [0.717, 1.165) is 31.2 Å². The summed E-state index contributed by atoms with van der Waals surface area (Å²) in [5.74, 6) is -1.06. The molecule has 1 atom stereocenters. The van der Waals surface area contributed by atoms with Gasteiger partial charge in [-0.05, 0) is 37.6 Å². The molecule has 0 saturated carbocycles. The smallest absolute Gasteiger partial charge is 0.416 e. The molecule has 7 heteroatoms. The molecular weight excluding hydrogens is 273 g/mol. The molecule has 1 aliphatic rings. The first-order valence-electron chi connectivity index (χ1n) is 6.29. The van der Waals surface area contributed by atoms with Crippen LogP contribution in [0.5, 0.6) is 5.75 Å². The maximum atomic E-state index is 12.6. The fraction of sp³-hybridized carbons (Fsp3) is 0.462. The number of phenols is 1. The van der Waals surface area contributed by atoms with Gasteiger partial charge in [0.2, 0.25) is 5.91 Å². The van der Waals surface area contributed by atoms with Crippen LogP contribution in [0.4, 0.5) is 18.9 Å². The van der Waals surface area contributed by atoms with Crippen molar-refractivity contribution >= 4 is 11.6 Å². The van der Waals surface area contributed by atoms with Gasteiger partial charge in [0, 0.05) is 6.54 Å². The highest BCUT2D eigenvalue weighted by atomic mass is 19.4. The lowest BCUT2D eigenvalue weighted by atomic mass is 9.98. The number of benzene rings is 1. The number of phenolic OH excluding ortho intramolecular Hbond substituents is 1. The lowest BCUT2D eigenvalue weighted by molar-refractivity contribution is -0.137. The number of anilines is 1. The number of rotatable bonds is 2. The van der Waals surface area contributed by atoms with Crippen LogP contribution in [-0.4, -0.2) is 24.1 Å². The average Bonchev–Trinajstić information content (AvgIpc) is 2.41. The van der Waals surface area contributed by atoms with Crippen LogP contribution < -0.4 is 10.6 Å². The Kier molecular flexibility index (Phi) is 4.17. The largest absolute Gasteiger partial charge is 0.506 e. The van der Waals surface area contributed by atoms with Crippen molar-refractivity contribution in [2.75, 3.05) is 18.4 Å². The zero-order chi connectivity index (χ0) is 14.8. The van der Waals surface area contributed by atoms with Crippen LogP contribution in [0.3, 0.4) is 0 Å². The summed E-state index contributed by atoms with van der Waals surface area (Å²) in [5, 5.41) is 15.0. The van der Waals surface area contributed by atoms with E-state index in [1.807, 2.05) is 0 Å². The lowest BCUT2D eigenvalue weighted by Crippen LogP contribution is -2.37. The Morgan fingerprint density at radius 1 is 1.40 bits per heavy atom. The van der Waals surface area contributed by atoms with Crippen molar-refractivity contribution < 1.29 is 23.1 Å². The van der Waals surface area contributed by atoms with Gasteiger partial charge in [-0.2, -0.15) is 13.2 Å². The van der Waals surface area contributed by atoms with E-state index in [4.69, 9.17) is 0 Å². The second kappa shape index (κ2) is 5.70. The van der Waals surface area contributed by atoms with E-state index in [1.165, 1.54) is 0 Å². The molecule has 4 nitrogen and oxygen atoms in total. The summed E-state index contributed by atoms with van der Waals surface area (Å²) in [7, 11) is 0. The van der Waals surface area contributed by atoms with Gasteiger partial charge in [-0.15, -0.1) is 0 Å². The fourth-order valence-corrected chi connectivity index (χ4v) is 2.12. The minimum atomic E-state index is -4.51. The highest BCUT2D eigenvalue weighted by molar-refractivity contribution is 5.94. The van der Waals surface area contributed by atoms with E-state index < -0.39 is 11.7 Å². The molecule has 1 heterocycles. The molecule has 3 N–H and O–H groups in total. The number of halogens is 3. The number of amides is 1. The highest BCUT2D eigenvalue weighted by Gasteiger charge is 2.31. The van der Waals surface area contributed by atoms with Crippen molar-refractivity contribution in [1.29, 1.82) is 0 Å². The van der Waals surface area contributed by atoms with Gasteiger partial charge >= 0.3 is 6.18 Å². The van der Waals surface area contributed by atoms with Crippen molar-refractivity contribution in [2.24, 2.45) is 5.92 Å². The van der Waals surface area contributed by atoms with Crippen molar-refractivity contribution in [3.63, 3.8) is 0 Å². The van der Waals surface area contributed by atoms with Gasteiger partial charge in [0.15, 0.2) is 0 Å². The topological polar surface area (TPSA) is 61.4 Å². The Morgan fingerprint density at radius 3 is 2.75 bits per heavy atom. The summed E-state index contributed by atoms with van der Waals surface area (Å²) in [6, 6.07) is 2.44. The molecule has 0 radical (unpaired) electrons. The molecule has 1 aromatic carbocycles. The van der Waals surface area contributed by atoms with Gasteiger partial charge in [-0.25, -0.2) is 0 Å². The molecule has 1 saturated heterocycles. The summed E-state index contributed by atoms with van der Waals surface area (Å²) >= 11 is 0.